The molecule has 1 aromatic carbocycles. The molecule has 3 rings (SSSR count). The van der Waals surface area contributed by atoms with Crippen LogP contribution in [0.4, 0.5) is 0 Å². The highest BCUT2D eigenvalue weighted by Gasteiger charge is 2.26. The molecule has 1 saturated heterocycles. The van der Waals surface area contributed by atoms with Crippen molar-refractivity contribution in [1.82, 2.24) is 20.1 Å². The summed E-state index contributed by atoms with van der Waals surface area (Å²) in [7, 11) is 3.82. The fraction of sp³-hybridized carbons (Fsp3) is 0.368. The molecule has 0 radical (unpaired) electrons. The third-order valence-corrected chi connectivity index (χ3v) is 4.62. The first-order chi connectivity index (χ1) is 11.7. The predicted octanol–water partition coefficient (Wildman–Crippen LogP) is 1.93. The number of aromatic nitrogens is 1. The van der Waals surface area contributed by atoms with Crippen molar-refractivity contribution in [2.75, 3.05) is 33.7 Å². The molecule has 1 atom stereocenters. The van der Waals surface area contributed by atoms with E-state index in [1.165, 1.54) is 11.1 Å². The van der Waals surface area contributed by atoms with Crippen molar-refractivity contribution in [2.24, 2.45) is 0 Å². The number of carbonyl (C=O) groups is 1. The molecule has 5 nitrogen and oxygen atoms in total. The van der Waals surface area contributed by atoms with E-state index in [9.17, 15) is 4.79 Å². The molecule has 24 heavy (non-hydrogen) atoms. The number of rotatable bonds is 4. The summed E-state index contributed by atoms with van der Waals surface area (Å²) in [5, 5.41) is 2.69. The fourth-order valence-corrected chi connectivity index (χ4v) is 3.22. The first-order valence-corrected chi connectivity index (χ1v) is 8.31. The van der Waals surface area contributed by atoms with E-state index in [0.717, 1.165) is 26.2 Å². The van der Waals surface area contributed by atoms with E-state index >= 15 is 0 Å². The maximum atomic E-state index is 11.9. The lowest BCUT2D eigenvalue weighted by atomic mass is 10.00. The Labute approximate surface area is 143 Å². The summed E-state index contributed by atoms with van der Waals surface area (Å²) in [5.74, 6) is -0.0393. The zero-order valence-corrected chi connectivity index (χ0v) is 14.3. The first kappa shape index (κ1) is 16.6. The highest BCUT2D eigenvalue weighted by atomic mass is 16.1. The number of benzene rings is 1. The molecule has 0 saturated carbocycles. The monoisotopic (exact) mass is 324 g/mol. The summed E-state index contributed by atoms with van der Waals surface area (Å²) in [6, 6.07) is 12.3. The van der Waals surface area contributed by atoms with Gasteiger partial charge in [0.15, 0.2) is 0 Å². The lowest BCUT2D eigenvalue weighted by Gasteiger charge is -2.39. The van der Waals surface area contributed by atoms with Gasteiger partial charge in [0.1, 0.15) is 0 Å². The van der Waals surface area contributed by atoms with Gasteiger partial charge in [-0.1, -0.05) is 18.2 Å². The van der Waals surface area contributed by atoms with Crippen LogP contribution in [0.5, 0.6) is 0 Å². The van der Waals surface area contributed by atoms with E-state index in [-0.39, 0.29) is 5.91 Å². The molecule has 0 aliphatic carbocycles. The quantitative estimate of drug-likeness (QED) is 0.934. The van der Waals surface area contributed by atoms with Gasteiger partial charge in [-0.25, -0.2) is 0 Å². The van der Waals surface area contributed by atoms with E-state index < -0.39 is 0 Å². The maximum absolute atomic E-state index is 11.9. The van der Waals surface area contributed by atoms with Crippen molar-refractivity contribution in [3.05, 3.63) is 65.5 Å². The average Bonchev–Trinajstić information content (AvgIpc) is 2.63. The van der Waals surface area contributed by atoms with Crippen molar-refractivity contribution < 1.29 is 4.79 Å². The molecule has 0 unspecified atom stereocenters. The third kappa shape index (κ3) is 3.80. The van der Waals surface area contributed by atoms with Crippen LogP contribution in [0.2, 0.25) is 0 Å². The van der Waals surface area contributed by atoms with Gasteiger partial charge in [-0.05, 0) is 36.4 Å². The number of nitrogens with one attached hydrogen (secondary N) is 1. The van der Waals surface area contributed by atoms with E-state index in [1.54, 1.807) is 13.2 Å². The van der Waals surface area contributed by atoms with Gasteiger partial charge in [-0.3, -0.25) is 19.6 Å². The van der Waals surface area contributed by atoms with Crippen LogP contribution in [0, 0.1) is 0 Å². The number of hydrogen-bond acceptors (Lipinski definition) is 4. The molecule has 2 heterocycles. The van der Waals surface area contributed by atoms with Crippen LogP contribution in [0.25, 0.3) is 0 Å². The number of likely N-dealkylation sites (N-methyl/N-ethyl adjacent to an activating group) is 1. The van der Waals surface area contributed by atoms with Crippen LogP contribution in [0.1, 0.15) is 27.5 Å². The summed E-state index contributed by atoms with van der Waals surface area (Å²) < 4.78 is 0. The number of piperazine rings is 1. The lowest BCUT2D eigenvalue weighted by molar-refractivity contribution is 0.0900. The van der Waals surface area contributed by atoms with E-state index in [1.807, 2.05) is 30.5 Å². The van der Waals surface area contributed by atoms with Crippen molar-refractivity contribution in [3.8, 4) is 0 Å². The Morgan fingerprint density at radius 2 is 2.17 bits per heavy atom. The molecular formula is C19H24N4O. The minimum Gasteiger partial charge on any atom is -0.355 e. The van der Waals surface area contributed by atoms with E-state index in [4.69, 9.17) is 0 Å². The maximum Gasteiger partial charge on any atom is 0.251 e. The summed E-state index contributed by atoms with van der Waals surface area (Å²) in [6.07, 6.45) is 3.74. The molecular weight excluding hydrogens is 300 g/mol. The predicted molar refractivity (Wildman–Crippen MR) is 94.7 cm³/mol. The van der Waals surface area contributed by atoms with Gasteiger partial charge in [0, 0.05) is 57.2 Å². The van der Waals surface area contributed by atoms with Crippen LogP contribution in [0.15, 0.2) is 48.8 Å². The topological polar surface area (TPSA) is 48.5 Å². The van der Waals surface area contributed by atoms with Crippen molar-refractivity contribution in [1.29, 1.82) is 0 Å². The van der Waals surface area contributed by atoms with Crippen LogP contribution >= 0.6 is 0 Å². The minimum atomic E-state index is -0.0393. The Kier molecular flexibility index (Phi) is 5.23. The van der Waals surface area contributed by atoms with Crippen molar-refractivity contribution in [2.45, 2.75) is 12.6 Å². The molecule has 126 valence electrons. The third-order valence-electron chi connectivity index (χ3n) is 4.62. The normalized spacial score (nSPS) is 19.2. The molecule has 0 spiro atoms. The van der Waals surface area contributed by atoms with Crippen LogP contribution in [-0.2, 0) is 6.54 Å². The molecule has 1 fully saturated rings. The fourth-order valence-electron chi connectivity index (χ4n) is 3.22. The Bertz CT molecular complexity index is 689. The van der Waals surface area contributed by atoms with Gasteiger partial charge in [-0.2, -0.15) is 0 Å². The molecule has 1 aliphatic heterocycles. The second-order valence-electron chi connectivity index (χ2n) is 6.30. The standard InChI is InChI=1S/C19H24N4O/c1-20-19(24)17-7-3-6-16(11-17)18-14-23(10-9-22(18)2)13-15-5-4-8-21-12-15/h3-8,11-12,18H,9-10,13-14H2,1-2H3,(H,20,24)/t18-/m0/s1. The number of amides is 1. The summed E-state index contributed by atoms with van der Waals surface area (Å²) in [5.41, 5.74) is 3.14. The largest absolute Gasteiger partial charge is 0.355 e. The molecule has 0 bridgehead atoms. The first-order valence-electron chi connectivity index (χ1n) is 8.31. The van der Waals surface area contributed by atoms with Crippen molar-refractivity contribution in [3.63, 3.8) is 0 Å². The minimum absolute atomic E-state index is 0.0393. The highest BCUT2D eigenvalue weighted by Crippen LogP contribution is 2.25. The van der Waals surface area contributed by atoms with Crippen molar-refractivity contribution >= 4 is 5.91 Å². The Morgan fingerprint density at radius 3 is 2.92 bits per heavy atom. The molecule has 1 aromatic heterocycles. The molecule has 5 heteroatoms. The van der Waals surface area contributed by atoms with E-state index in [2.05, 4.69) is 39.3 Å². The Balaban J connectivity index is 1.75. The summed E-state index contributed by atoms with van der Waals surface area (Å²) in [6.45, 7) is 3.90. The smallest absolute Gasteiger partial charge is 0.251 e. The second kappa shape index (κ2) is 7.55. The SMILES string of the molecule is CNC(=O)c1cccc([C@@H]2CN(Cc3cccnc3)CCN2C)c1. The molecule has 1 amide bonds. The highest BCUT2D eigenvalue weighted by molar-refractivity contribution is 5.94. The number of pyridine rings is 1. The number of nitrogens with zero attached hydrogens (tertiary/aromatic N) is 3. The van der Waals surface area contributed by atoms with Gasteiger partial charge < -0.3 is 5.32 Å². The van der Waals surface area contributed by atoms with Gasteiger partial charge in [0.05, 0.1) is 0 Å². The van der Waals surface area contributed by atoms with Gasteiger partial charge in [0.25, 0.3) is 5.91 Å². The lowest BCUT2D eigenvalue weighted by Crippen LogP contribution is -2.46. The zero-order chi connectivity index (χ0) is 16.9. The Hall–Kier alpha value is -2.24. The number of hydrogen-bond donors (Lipinski definition) is 1. The van der Waals surface area contributed by atoms with Crippen LogP contribution in [-0.4, -0.2) is 54.4 Å². The summed E-state index contributed by atoms with van der Waals surface area (Å²) in [4.78, 5) is 20.9. The molecule has 2 aromatic rings. The van der Waals surface area contributed by atoms with Gasteiger partial charge >= 0.3 is 0 Å². The summed E-state index contributed by atoms with van der Waals surface area (Å²) >= 11 is 0. The average molecular weight is 324 g/mol. The molecule has 1 N–H and O–H groups in total. The Morgan fingerprint density at radius 1 is 1.29 bits per heavy atom. The van der Waals surface area contributed by atoms with Crippen LogP contribution < -0.4 is 5.32 Å². The number of carbonyl (C=O) groups excluding carboxylic acids is 1. The van der Waals surface area contributed by atoms with Gasteiger partial charge in [0.2, 0.25) is 0 Å². The zero-order valence-electron chi connectivity index (χ0n) is 14.3. The van der Waals surface area contributed by atoms with E-state index in [0.29, 0.717) is 11.6 Å². The van der Waals surface area contributed by atoms with Gasteiger partial charge in [-0.15, -0.1) is 0 Å². The second-order valence-corrected chi connectivity index (χ2v) is 6.30. The van der Waals surface area contributed by atoms with Crippen LogP contribution in [0.3, 0.4) is 0 Å². The molecule has 1 aliphatic rings.